The van der Waals surface area contributed by atoms with Gasteiger partial charge in [0.2, 0.25) is 0 Å². The van der Waals surface area contributed by atoms with E-state index in [1.807, 2.05) is 30.3 Å². The first-order chi connectivity index (χ1) is 17.9. The van der Waals surface area contributed by atoms with Crippen LogP contribution in [0.15, 0.2) is 54.6 Å². The fourth-order valence-corrected chi connectivity index (χ4v) is 5.02. The van der Waals surface area contributed by atoms with Crippen LogP contribution in [-0.4, -0.2) is 20.6 Å². The van der Waals surface area contributed by atoms with Crippen molar-refractivity contribution in [2.24, 2.45) is 0 Å². The smallest absolute Gasteiger partial charge is 0.338 e. The molecule has 0 spiro atoms. The molecule has 186 valence electrons. The summed E-state index contributed by atoms with van der Waals surface area (Å²) in [6, 6.07) is 16.5. The van der Waals surface area contributed by atoms with Crippen LogP contribution in [0.25, 0.3) is 16.6 Å². The lowest BCUT2D eigenvalue weighted by Crippen LogP contribution is -2.07. The van der Waals surface area contributed by atoms with Gasteiger partial charge in [0, 0.05) is 24.6 Å². The molecule has 0 bridgehead atoms. The number of aromatic carboxylic acids is 1. The highest BCUT2D eigenvalue weighted by Crippen LogP contribution is 2.38. The normalized spacial score (nSPS) is 13.5. The topological polar surface area (TPSA) is 88.1 Å². The second kappa shape index (κ2) is 9.90. The van der Waals surface area contributed by atoms with E-state index >= 15 is 0 Å². The Labute approximate surface area is 214 Å². The van der Waals surface area contributed by atoms with E-state index < -0.39 is 5.97 Å². The van der Waals surface area contributed by atoms with E-state index in [-0.39, 0.29) is 24.4 Å². The fraction of sp³-hybridized carbons (Fsp3) is 0.233. The molecule has 0 aliphatic carbocycles. The van der Waals surface area contributed by atoms with Crippen molar-refractivity contribution in [2.45, 2.75) is 46.3 Å². The van der Waals surface area contributed by atoms with Crippen LogP contribution in [0, 0.1) is 24.1 Å². The van der Waals surface area contributed by atoms with Gasteiger partial charge in [-0.3, -0.25) is 0 Å². The fourth-order valence-electron chi connectivity index (χ4n) is 5.02. The van der Waals surface area contributed by atoms with Gasteiger partial charge in [-0.2, -0.15) is 5.26 Å². The molecule has 0 amide bonds. The number of carboxylic acids is 1. The minimum Gasteiger partial charge on any atom is -0.488 e. The van der Waals surface area contributed by atoms with Crippen molar-refractivity contribution in [2.75, 3.05) is 0 Å². The van der Waals surface area contributed by atoms with Gasteiger partial charge in [0.25, 0.3) is 0 Å². The highest BCUT2D eigenvalue weighted by molar-refractivity contribution is 6.02. The van der Waals surface area contributed by atoms with Crippen LogP contribution >= 0.6 is 0 Å². The van der Waals surface area contributed by atoms with Crippen LogP contribution in [0.3, 0.4) is 0 Å². The molecule has 0 saturated carbocycles. The zero-order chi connectivity index (χ0) is 26.1. The van der Waals surface area contributed by atoms with Gasteiger partial charge in [-0.25, -0.2) is 14.2 Å². The Bertz CT molecular complexity index is 1610. The van der Waals surface area contributed by atoms with Crippen LogP contribution in [0.5, 0.6) is 5.75 Å². The molecule has 6 nitrogen and oxygen atoms in total. The summed E-state index contributed by atoms with van der Waals surface area (Å²) >= 11 is 0. The molecule has 4 aromatic rings. The molecule has 3 aromatic carbocycles. The number of hydrogen-bond acceptors (Lipinski definition) is 4. The Morgan fingerprint density at radius 2 is 2.03 bits per heavy atom. The molecule has 2 heterocycles. The highest BCUT2D eigenvalue weighted by atomic mass is 19.1. The van der Waals surface area contributed by atoms with Crippen LogP contribution in [0.4, 0.5) is 4.39 Å². The molecule has 0 fully saturated rings. The number of halogens is 1. The molecule has 0 unspecified atom stereocenters. The lowest BCUT2D eigenvalue weighted by molar-refractivity contribution is 0.0698. The molecular formula is C30H26FN3O3. The van der Waals surface area contributed by atoms with Crippen molar-refractivity contribution >= 4 is 22.6 Å². The average molecular weight is 496 g/mol. The van der Waals surface area contributed by atoms with E-state index in [1.54, 1.807) is 13.0 Å². The van der Waals surface area contributed by atoms with Gasteiger partial charge in [-0.15, -0.1) is 0 Å². The Hall–Kier alpha value is -4.44. The molecule has 37 heavy (non-hydrogen) atoms. The number of hydrogen-bond donors (Lipinski definition) is 1. The van der Waals surface area contributed by atoms with Crippen LogP contribution < -0.4 is 4.74 Å². The van der Waals surface area contributed by atoms with Gasteiger partial charge in [0.05, 0.1) is 23.6 Å². The van der Waals surface area contributed by atoms with Crippen molar-refractivity contribution < 1.29 is 19.0 Å². The zero-order valence-electron chi connectivity index (χ0n) is 20.7. The summed E-state index contributed by atoms with van der Waals surface area (Å²) in [4.78, 5) is 16.7. The Morgan fingerprint density at radius 3 is 2.78 bits per heavy atom. The molecule has 0 radical (unpaired) electrons. The number of benzene rings is 3. The van der Waals surface area contributed by atoms with Crippen molar-refractivity contribution in [3.63, 3.8) is 0 Å². The SMILES string of the molecule is CCCc1nc2c(C(=O)O)c(C)ccc2n1Cc1ccc2c(c1)COc1cc(F)ccc1C2=CCC#N. The molecule has 0 atom stereocenters. The maximum Gasteiger partial charge on any atom is 0.338 e. The van der Waals surface area contributed by atoms with Crippen LogP contribution in [0.1, 0.15) is 63.8 Å². The third-order valence-electron chi connectivity index (χ3n) is 6.71. The van der Waals surface area contributed by atoms with E-state index in [2.05, 4.69) is 23.6 Å². The summed E-state index contributed by atoms with van der Waals surface area (Å²) in [5.41, 5.74) is 6.70. The summed E-state index contributed by atoms with van der Waals surface area (Å²) in [6.45, 7) is 4.63. The van der Waals surface area contributed by atoms with Crippen LogP contribution in [0.2, 0.25) is 0 Å². The number of fused-ring (bicyclic) bond motifs is 3. The largest absolute Gasteiger partial charge is 0.488 e. The molecule has 1 N–H and O–H groups in total. The number of allylic oxidation sites excluding steroid dienone is 1. The van der Waals surface area contributed by atoms with Gasteiger partial charge in [-0.1, -0.05) is 31.2 Å². The summed E-state index contributed by atoms with van der Waals surface area (Å²) < 4.78 is 22.0. The van der Waals surface area contributed by atoms with E-state index in [9.17, 15) is 19.6 Å². The van der Waals surface area contributed by atoms with Gasteiger partial charge >= 0.3 is 5.97 Å². The molecule has 1 aliphatic rings. The Morgan fingerprint density at radius 1 is 1.22 bits per heavy atom. The van der Waals surface area contributed by atoms with Crippen LogP contribution in [-0.2, 0) is 19.6 Å². The third kappa shape index (κ3) is 4.47. The number of aromatic nitrogens is 2. The minimum atomic E-state index is -0.981. The predicted octanol–water partition coefficient (Wildman–Crippen LogP) is 6.42. The number of carboxylic acid groups (broad SMARTS) is 1. The third-order valence-corrected chi connectivity index (χ3v) is 6.71. The highest BCUT2D eigenvalue weighted by Gasteiger charge is 2.22. The maximum absolute atomic E-state index is 13.9. The number of ether oxygens (including phenoxy) is 1. The molecule has 1 aromatic heterocycles. The maximum atomic E-state index is 13.9. The number of nitrogens with zero attached hydrogens (tertiary/aromatic N) is 3. The summed E-state index contributed by atoms with van der Waals surface area (Å²) in [5, 5.41) is 19.0. The first-order valence-corrected chi connectivity index (χ1v) is 12.2. The molecule has 5 rings (SSSR count). The minimum absolute atomic E-state index is 0.222. The van der Waals surface area contributed by atoms with Gasteiger partial charge in [0.15, 0.2) is 0 Å². The van der Waals surface area contributed by atoms with E-state index in [0.717, 1.165) is 52.0 Å². The number of rotatable bonds is 6. The lowest BCUT2D eigenvalue weighted by Gasteiger charge is -2.14. The quantitative estimate of drug-likeness (QED) is 0.333. The molecule has 7 heteroatoms. The number of imidazole rings is 1. The van der Waals surface area contributed by atoms with Crippen molar-refractivity contribution in [1.82, 2.24) is 9.55 Å². The number of aryl methyl sites for hydroxylation is 2. The Kier molecular flexibility index (Phi) is 6.49. The lowest BCUT2D eigenvalue weighted by atomic mass is 9.92. The zero-order valence-corrected chi connectivity index (χ0v) is 20.7. The predicted molar refractivity (Wildman–Crippen MR) is 139 cm³/mol. The average Bonchev–Trinajstić information content (AvgIpc) is 3.12. The van der Waals surface area contributed by atoms with Gasteiger partial charge < -0.3 is 14.4 Å². The van der Waals surface area contributed by atoms with E-state index in [4.69, 9.17) is 9.72 Å². The first kappa shape index (κ1) is 24.3. The van der Waals surface area contributed by atoms with E-state index in [1.165, 1.54) is 12.1 Å². The standard InChI is InChI=1S/C30H26FN3O3/c1-3-5-27-33-29-25(12-7-18(2)28(29)30(35)36)34(27)16-19-8-10-22-20(14-19)17-37-26-15-21(31)9-11-24(26)23(22)6-4-13-32/h6-12,14-15H,3-5,16-17H2,1-2H3,(H,35,36). The molecule has 1 aliphatic heterocycles. The monoisotopic (exact) mass is 495 g/mol. The molecule has 0 saturated heterocycles. The molecular weight excluding hydrogens is 469 g/mol. The summed E-state index contributed by atoms with van der Waals surface area (Å²) in [6.07, 6.45) is 3.68. The van der Waals surface area contributed by atoms with Gasteiger partial charge in [-0.05, 0) is 65.4 Å². The van der Waals surface area contributed by atoms with Gasteiger partial charge in [0.1, 0.15) is 29.5 Å². The summed E-state index contributed by atoms with van der Waals surface area (Å²) in [7, 11) is 0. The van der Waals surface area contributed by atoms with Crippen molar-refractivity contribution in [3.05, 3.63) is 99.6 Å². The second-order valence-corrected chi connectivity index (χ2v) is 9.20. The Balaban J connectivity index is 1.59. The number of nitriles is 1. The van der Waals surface area contributed by atoms with E-state index in [0.29, 0.717) is 23.4 Å². The summed E-state index contributed by atoms with van der Waals surface area (Å²) in [5.74, 6) is -0.0688. The van der Waals surface area contributed by atoms with Crippen molar-refractivity contribution in [1.29, 1.82) is 5.26 Å². The van der Waals surface area contributed by atoms with Crippen molar-refractivity contribution in [3.8, 4) is 11.8 Å². The second-order valence-electron chi connectivity index (χ2n) is 9.20. The number of carbonyl (C=O) groups is 1. The first-order valence-electron chi connectivity index (χ1n) is 12.2.